The first-order valence-corrected chi connectivity index (χ1v) is 6.14. The van der Waals surface area contributed by atoms with Crippen LogP contribution in [0, 0.1) is 5.92 Å². The summed E-state index contributed by atoms with van der Waals surface area (Å²) in [5.41, 5.74) is 0.355. The van der Waals surface area contributed by atoms with Crippen molar-refractivity contribution in [1.82, 2.24) is 10.6 Å². The lowest BCUT2D eigenvalue weighted by molar-refractivity contribution is 0.416. The minimum absolute atomic E-state index is 0.355. The van der Waals surface area contributed by atoms with Crippen molar-refractivity contribution in [2.75, 3.05) is 13.1 Å². The standard InChI is InChI=1S/C12H24N2/c1-12(2)7-11(9-14-12)13-8-10-5-3-4-6-10/h10-11,13-14H,3-9H2,1-2H3. The zero-order valence-corrected chi connectivity index (χ0v) is 9.60. The van der Waals surface area contributed by atoms with E-state index in [2.05, 4.69) is 24.5 Å². The van der Waals surface area contributed by atoms with E-state index in [1.165, 1.54) is 38.6 Å². The van der Waals surface area contributed by atoms with Gasteiger partial charge in [-0.25, -0.2) is 0 Å². The van der Waals surface area contributed by atoms with Gasteiger partial charge in [0.25, 0.3) is 0 Å². The van der Waals surface area contributed by atoms with E-state index in [4.69, 9.17) is 0 Å². The van der Waals surface area contributed by atoms with E-state index in [0.29, 0.717) is 11.6 Å². The number of nitrogens with one attached hydrogen (secondary N) is 2. The second-order valence-corrected chi connectivity index (χ2v) is 5.72. The highest BCUT2D eigenvalue weighted by molar-refractivity contribution is 4.93. The van der Waals surface area contributed by atoms with E-state index < -0.39 is 0 Å². The van der Waals surface area contributed by atoms with Crippen molar-refractivity contribution in [3.8, 4) is 0 Å². The smallest absolute Gasteiger partial charge is 0.0210 e. The molecule has 2 fully saturated rings. The Bertz CT molecular complexity index is 183. The Hall–Kier alpha value is -0.0800. The van der Waals surface area contributed by atoms with Crippen LogP contribution in [0.25, 0.3) is 0 Å². The zero-order valence-electron chi connectivity index (χ0n) is 9.60. The van der Waals surface area contributed by atoms with Crippen LogP contribution in [0.1, 0.15) is 46.0 Å². The normalized spacial score (nSPS) is 32.6. The highest BCUT2D eigenvalue weighted by Crippen LogP contribution is 2.24. The van der Waals surface area contributed by atoms with Gasteiger partial charge < -0.3 is 10.6 Å². The molecule has 0 aromatic carbocycles. The van der Waals surface area contributed by atoms with Crippen LogP contribution in [0.4, 0.5) is 0 Å². The van der Waals surface area contributed by atoms with Crippen molar-refractivity contribution in [3.05, 3.63) is 0 Å². The molecule has 0 aromatic heterocycles. The Morgan fingerprint density at radius 2 is 2.00 bits per heavy atom. The number of hydrogen-bond acceptors (Lipinski definition) is 2. The van der Waals surface area contributed by atoms with Crippen molar-refractivity contribution in [2.45, 2.75) is 57.5 Å². The Balaban J connectivity index is 1.66. The molecule has 1 aliphatic heterocycles. The fourth-order valence-electron chi connectivity index (χ4n) is 2.85. The van der Waals surface area contributed by atoms with Crippen molar-refractivity contribution in [1.29, 1.82) is 0 Å². The van der Waals surface area contributed by atoms with Gasteiger partial charge in [-0.1, -0.05) is 12.8 Å². The molecule has 2 rings (SSSR count). The summed E-state index contributed by atoms with van der Waals surface area (Å²) >= 11 is 0. The van der Waals surface area contributed by atoms with Crippen molar-refractivity contribution in [3.63, 3.8) is 0 Å². The summed E-state index contributed by atoms with van der Waals surface area (Å²) in [7, 11) is 0. The molecule has 1 saturated heterocycles. The number of hydrogen-bond donors (Lipinski definition) is 2. The third-order valence-electron chi connectivity index (χ3n) is 3.75. The van der Waals surface area contributed by atoms with Gasteiger partial charge in [0.1, 0.15) is 0 Å². The highest BCUT2D eigenvalue weighted by Gasteiger charge is 2.30. The van der Waals surface area contributed by atoms with Gasteiger partial charge in [0.15, 0.2) is 0 Å². The zero-order chi connectivity index (χ0) is 10.0. The van der Waals surface area contributed by atoms with Gasteiger partial charge in [0, 0.05) is 18.1 Å². The van der Waals surface area contributed by atoms with Crippen LogP contribution in [0.2, 0.25) is 0 Å². The van der Waals surface area contributed by atoms with Crippen LogP contribution in [0.3, 0.4) is 0 Å². The molecular formula is C12H24N2. The lowest BCUT2D eigenvalue weighted by Crippen LogP contribution is -2.34. The molecule has 2 aliphatic rings. The van der Waals surface area contributed by atoms with Gasteiger partial charge >= 0.3 is 0 Å². The maximum absolute atomic E-state index is 3.72. The Morgan fingerprint density at radius 1 is 1.29 bits per heavy atom. The second-order valence-electron chi connectivity index (χ2n) is 5.72. The molecule has 2 N–H and O–H groups in total. The quantitative estimate of drug-likeness (QED) is 0.720. The largest absolute Gasteiger partial charge is 0.312 e. The van der Waals surface area contributed by atoms with Gasteiger partial charge in [-0.2, -0.15) is 0 Å². The molecule has 2 nitrogen and oxygen atoms in total. The van der Waals surface area contributed by atoms with E-state index in [1.54, 1.807) is 0 Å². The molecule has 1 aliphatic carbocycles. The summed E-state index contributed by atoms with van der Waals surface area (Å²) in [6, 6.07) is 0.714. The van der Waals surface area contributed by atoms with Crippen molar-refractivity contribution >= 4 is 0 Å². The maximum Gasteiger partial charge on any atom is 0.0210 e. The molecule has 0 bridgehead atoms. The van der Waals surface area contributed by atoms with Crippen LogP contribution in [0.5, 0.6) is 0 Å². The summed E-state index contributed by atoms with van der Waals surface area (Å²) < 4.78 is 0. The van der Waals surface area contributed by atoms with Crippen molar-refractivity contribution in [2.24, 2.45) is 5.92 Å². The molecule has 1 saturated carbocycles. The molecule has 82 valence electrons. The Morgan fingerprint density at radius 3 is 2.57 bits per heavy atom. The van der Waals surface area contributed by atoms with E-state index in [0.717, 1.165) is 12.5 Å². The molecular weight excluding hydrogens is 172 g/mol. The average Bonchev–Trinajstić information content (AvgIpc) is 2.70. The van der Waals surface area contributed by atoms with E-state index in [9.17, 15) is 0 Å². The third-order valence-corrected chi connectivity index (χ3v) is 3.75. The minimum atomic E-state index is 0.355. The Kier molecular flexibility index (Phi) is 3.13. The monoisotopic (exact) mass is 196 g/mol. The van der Waals surface area contributed by atoms with Gasteiger partial charge in [-0.05, 0) is 45.6 Å². The van der Waals surface area contributed by atoms with E-state index >= 15 is 0 Å². The molecule has 1 unspecified atom stereocenters. The van der Waals surface area contributed by atoms with Crippen LogP contribution in [-0.4, -0.2) is 24.7 Å². The molecule has 14 heavy (non-hydrogen) atoms. The SMILES string of the molecule is CC1(C)CC(NCC2CCCC2)CN1. The molecule has 2 heteroatoms. The topological polar surface area (TPSA) is 24.1 Å². The fourth-order valence-corrected chi connectivity index (χ4v) is 2.85. The third kappa shape index (κ3) is 2.71. The van der Waals surface area contributed by atoms with Gasteiger partial charge in [0.05, 0.1) is 0 Å². The van der Waals surface area contributed by atoms with Gasteiger partial charge in [-0.3, -0.25) is 0 Å². The molecule has 0 spiro atoms. The predicted octanol–water partition coefficient (Wildman–Crippen LogP) is 1.91. The minimum Gasteiger partial charge on any atom is -0.312 e. The van der Waals surface area contributed by atoms with Crippen LogP contribution in [-0.2, 0) is 0 Å². The number of rotatable bonds is 3. The maximum atomic E-state index is 3.72. The van der Waals surface area contributed by atoms with E-state index in [1.807, 2.05) is 0 Å². The first-order chi connectivity index (χ1) is 6.66. The molecule has 0 amide bonds. The lowest BCUT2D eigenvalue weighted by atomic mass is 10.0. The molecule has 0 radical (unpaired) electrons. The van der Waals surface area contributed by atoms with Crippen LogP contribution in [0.15, 0.2) is 0 Å². The van der Waals surface area contributed by atoms with Crippen molar-refractivity contribution < 1.29 is 0 Å². The van der Waals surface area contributed by atoms with Gasteiger partial charge in [-0.15, -0.1) is 0 Å². The van der Waals surface area contributed by atoms with Crippen LogP contribution >= 0.6 is 0 Å². The molecule has 1 atom stereocenters. The fraction of sp³-hybridized carbons (Fsp3) is 1.00. The summed E-state index contributed by atoms with van der Waals surface area (Å²) in [5.74, 6) is 0.971. The van der Waals surface area contributed by atoms with Crippen LogP contribution < -0.4 is 10.6 Å². The lowest BCUT2D eigenvalue weighted by Gasteiger charge is -2.18. The second kappa shape index (κ2) is 4.19. The summed E-state index contributed by atoms with van der Waals surface area (Å²) in [6.07, 6.45) is 7.11. The molecule has 0 aromatic rings. The predicted molar refractivity (Wildman–Crippen MR) is 60.4 cm³/mol. The average molecular weight is 196 g/mol. The van der Waals surface area contributed by atoms with Gasteiger partial charge in [0.2, 0.25) is 0 Å². The summed E-state index contributed by atoms with van der Waals surface area (Å²) in [4.78, 5) is 0. The molecule has 1 heterocycles. The first-order valence-electron chi connectivity index (χ1n) is 6.14. The summed E-state index contributed by atoms with van der Waals surface area (Å²) in [5, 5.41) is 7.28. The van der Waals surface area contributed by atoms with E-state index in [-0.39, 0.29) is 0 Å². The first kappa shape index (κ1) is 10.4. The summed E-state index contributed by atoms with van der Waals surface area (Å²) in [6.45, 7) is 7.00. The Labute approximate surface area is 87.8 Å². The highest BCUT2D eigenvalue weighted by atomic mass is 15.1.